The monoisotopic (exact) mass is 686 g/mol. The fourth-order valence-electron chi connectivity index (χ4n) is 6.36. The van der Waals surface area contributed by atoms with Crippen LogP contribution in [0.2, 0.25) is 0 Å². The first-order chi connectivity index (χ1) is 24.6. The second kappa shape index (κ2) is 17.9. The van der Waals surface area contributed by atoms with Gasteiger partial charge in [-0.05, 0) is 50.3 Å². The van der Waals surface area contributed by atoms with E-state index in [9.17, 15) is 5.26 Å². The van der Waals surface area contributed by atoms with Crippen LogP contribution in [-0.4, -0.2) is 111 Å². The normalized spacial score (nSPS) is 18.7. The summed E-state index contributed by atoms with van der Waals surface area (Å²) in [5.41, 5.74) is 2.77. The molecule has 1 atom stereocenters. The quantitative estimate of drug-likeness (QED) is 0.157. The molecule has 1 aliphatic carbocycles. The van der Waals surface area contributed by atoms with Crippen LogP contribution in [0.3, 0.4) is 0 Å². The molecule has 1 saturated carbocycles. The van der Waals surface area contributed by atoms with E-state index in [0.717, 1.165) is 69.5 Å². The summed E-state index contributed by atoms with van der Waals surface area (Å²) < 4.78 is 32.2. The van der Waals surface area contributed by atoms with Gasteiger partial charge in [0.1, 0.15) is 36.3 Å². The number of nitrogens with zero attached hydrogens (tertiary/aromatic N) is 9. The van der Waals surface area contributed by atoms with Gasteiger partial charge in [0.25, 0.3) is 5.88 Å². The van der Waals surface area contributed by atoms with Crippen molar-refractivity contribution in [2.24, 2.45) is 0 Å². The molecule has 2 aliphatic rings. The highest BCUT2D eigenvalue weighted by atomic mass is 16.5. The molecule has 266 valence electrons. The van der Waals surface area contributed by atoms with Crippen molar-refractivity contribution >= 4 is 11.6 Å². The number of benzene rings is 1. The van der Waals surface area contributed by atoms with Gasteiger partial charge in [0.15, 0.2) is 0 Å². The average molecular weight is 687 g/mol. The molecule has 3 aromatic heterocycles. The second-order valence-electron chi connectivity index (χ2n) is 12.5. The number of aromatic nitrogens is 7. The molecule has 2 fully saturated rings. The summed E-state index contributed by atoms with van der Waals surface area (Å²) in [6, 6.07) is 8.55. The lowest BCUT2D eigenvalue weighted by Gasteiger charge is -2.38. The molecule has 15 nitrogen and oxygen atoms in total. The van der Waals surface area contributed by atoms with Crippen LogP contribution >= 0.6 is 0 Å². The minimum atomic E-state index is -0.234. The Labute approximate surface area is 292 Å². The van der Waals surface area contributed by atoms with E-state index in [4.69, 9.17) is 28.8 Å². The molecule has 0 spiro atoms. The standard InChI is InChI=1S/C35H46N10O5/c1-26(22-44-25-37-24-40-44)50-33-18-27(4-5-28(33)19-36)29-20-38-35(39-21-29)41-32-23-45(42-34(32)49-13-3-12-47-17-16-46-2)31-8-6-30(7-9-31)43-10-14-48-15-11-43/h4-5,18,20-21,23-26,30-31H,3,6-17,22H2,1-2H3,(H,38,39,41). The Kier molecular flexibility index (Phi) is 12.6. The number of rotatable bonds is 17. The van der Waals surface area contributed by atoms with E-state index >= 15 is 0 Å². The summed E-state index contributed by atoms with van der Waals surface area (Å²) in [6.45, 7) is 8.25. The summed E-state index contributed by atoms with van der Waals surface area (Å²) in [7, 11) is 1.66. The maximum atomic E-state index is 9.69. The molecule has 1 aliphatic heterocycles. The van der Waals surface area contributed by atoms with Gasteiger partial charge >= 0.3 is 0 Å². The van der Waals surface area contributed by atoms with E-state index < -0.39 is 0 Å². The van der Waals surface area contributed by atoms with Gasteiger partial charge in [-0.2, -0.15) is 10.4 Å². The van der Waals surface area contributed by atoms with Gasteiger partial charge in [-0.25, -0.2) is 19.6 Å². The number of hydrogen-bond donors (Lipinski definition) is 1. The third-order valence-electron chi connectivity index (χ3n) is 8.98. The first-order valence-corrected chi connectivity index (χ1v) is 17.3. The van der Waals surface area contributed by atoms with Crippen molar-refractivity contribution in [1.29, 1.82) is 5.26 Å². The van der Waals surface area contributed by atoms with E-state index in [1.54, 1.807) is 36.6 Å². The molecule has 50 heavy (non-hydrogen) atoms. The van der Waals surface area contributed by atoms with Crippen molar-refractivity contribution in [3.05, 3.63) is 55.0 Å². The number of ether oxygens (including phenoxy) is 5. The van der Waals surface area contributed by atoms with Crippen molar-refractivity contribution in [3.63, 3.8) is 0 Å². The predicted molar refractivity (Wildman–Crippen MR) is 184 cm³/mol. The lowest BCUT2D eigenvalue weighted by Crippen LogP contribution is -2.45. The lowest BCUT2D eigenvalue weighted by atomic mass is 9.90. The van der Waals surface area contributed by atoms with Gasteiger partial charge in [0, 0.05) is 57.2 Å². The molecule has 0 radical (unpaired) electrons. The van der Waals surface area contributed by atoms with Gasteiger partial charge in [-0.15, -0.1) is 5.10 Å². The highest BCUT2D eigenvalue weighted by molar-refractivity contribution is 5.67. The molecule has 6 rings (SSSR count). The van der Waals surface area contributed by atoms with Crippen molar-refractivity contribution in [3.8, 4) is 28.8 Å². The maximum absolute atomic E-state index is 9.69. The fraction of sp³-hybridized carbons (Fsp3) is 0.543. The number of methoxy groups -OCH3 is 1. The molecule has 4 heterocycles. The largest absolute Gasteiger partial charge is 0.487 e. The highest BCUT2D eigenvalue weighted by Crippen LogP contribution is 2.35. The topological polar surface area (TPSA) is 160 Å². The maximum Gasteiger partial charge on any atom is 0.256 e. The molecule has 1 saturated heterocycles. The molecular weight excluding hydrogens is 640 g/mol. The van der Waals surface area contributed by atoms with Crippen LogP contribution in [-0.2, 0) is 20.8 Å². The van der Waals surface area contributed by atoms with Crippen LogP contribution in [0.4, 0.5) is 11.6 Å². The molecule has 1 unspecified atom stereocenters. The van der Waals surface area contributed by atoms with Gasteiger partial charge in [-0.3, -0.25) is 9.58 Å². The Balaban J connectivity index is 1.12. The van der Waals surface area contributed by atoms with Crippen molar-refractivity contribution in [2.45, 2.75) is 63.8 Å². The molecule has 1 N–H and O–H groups in total. The average Bonchev–Trinajstić information content (AvgIpc) is 3.82. The van der Waals surface area contributed by atoms with Crippen LogP contribution in [0.5, 0.6) is 11.6 Å². The lowest BCUT2D eigenvalue weighted by molar-refractivity contribution is 0.00502. The van der Waals surface area contributed by atoms with Crippen molar-refractivity contribution < 1.29 is 23.7 Å². The van der Waals surface area contributed by atoms with E-state index in [0.29, 0.717) is 67.8 Å². The van der Waals surface area contributed by atoms with Gasteiger partial charge in [-0.1, -0.05) is 6.07 Å². The first kappa shape index (κ1) is 35.2. The zero-order chi connectivity index (χ0) is 34.5. The summed E-state index contributed by atoms with van der Waals surface area (Å²) in [6.07, 6.45) is 13.5. The minimum Gasteiger partial charge on any atom is -0.487 e. The summed E-state index contributed by atoms with van der Waals surface area (Å²) in [5, 5.41) is 22.0. The van der Waals surface area contributed by atoms with Crippen LogP contribution in [0.25, 0.3) is 11.1 Å². The zero-order valence-electron chi connectivity index (χ0n) is 28.8. The van der Waals surface area contributed by atoms with Crippen molar-refractivity contribution in [1.82, 2.24) is 39.4 Å². The fourth-order valence-corrected chi connectivity index (χ4v) is 6.36. The van der Waals surface area contributed by atoms with Gasteiger partial charge < -0.3 is 29.0 Å². The van der Waals surface area contributed by atoms with Gasteiger partial charge in [0.2, 0.25) is 5.95 Å². The van der Waals surface area contributed by atoms with E-state index in [-0.39, 0.29) is 12.1 Å². The summed E-state index contributed by atoms with van der Waals surface area (Å²) >= 11 is 0. The Morgan fingerprint density at radius 3 is 2.56 bits per heavy atom. The SMILES string of the molecule is COCCOCCCOc1nn(C2CCC(N3CCOCC3)CC2)cc1Nc1ncc(-c2ccc(C#N)c(OC(C)Cn3cncn3)c2)cn1. The third-order valence-corrected chi connectivity index (χ3v) is 8.98. The Bertz CT molecular complexity index is 1650. The number of nitriles is 1. The van der Waals surface area contributed by atoms with Crippen LogP contribution in [0.1, 0.15) is 50.6 Å². The number of morpholine rings is 1. The highest BCUT2D eigenvalue weighted by Gasteiger charge is 2.29. The smallest absolute Gasteiger partial charge is 0.256 e. The zero-order valence-corrected chi connectivity index (χ0v) is 28.8. The summed E-state index contributed by atoms with van der Waals surface area (Å²) in [4.78, 5) is 15.8. The molecular formula is C35H46N10O5. The number of anilines is 2. The third kappa shape index (κ3) is 9.54. The summed E-state index contributed by atoms with van der Waals surface area (Å²) in [5.74, 6) is 1.42. The van der Waals surface area contributed by atoms with Crippen LogP contribution < -0.4 is 14.8 Å². The Morgan fingerprint density at radius 1 is 1.02 bits per heavy atom. The number of hydrogen-bond acceptors (Lipinski definition) is 13. The Morgan fingerprint density at radius 2 is 1.82 bits per heavy atom. The van der Waals surface area contributed by atoms with Gasteiger partial charge in [0.05, 0.1) is 57.4 Å². The number of nitrogens with one attached hydrogen (secondary N) is 1. The minimum absolute atomic E-state index is 0.234. The predicted octanol–water partition coefficient (Wildman–Crippen LogP) is 4.26. The van der Waals surface area contributed by atoms with Crippen molar-refractivity contribution in [2.75, 3.05) is 65.2 Å². The van der Waals surface area contributed by atoms with E-state index in [1.807, 2.05) is 29.9 Å². The molecule has 1 aromatic carbocycles. The molecule has 0 bridgehead atoms. The van der Waals surface area contributed by atoms with E-state index in [2.05, 4.69) is 36.3 Å². The molecule has 4 aromatic rings. The molecule has 0 amide bonds. The van der Waals surface area contributed by atoms with Crippen LogP contribution in [0.15, 0.2) is 49.4 Å². The Hall–Kier alpha value is -4.62. The van der Waals surface area contributed by atoms with Crippen LogP contribution in [0, 0.1) is 11.3 Å². The van der Waals surface area contributed by atoms with E-state index in [1.165, 1.54) is 6.33 Å². The second-order valence-corrected chi connectivity index (χ2v) is 12.5. The first-order valence-electron chi connectivity index (χ1n) is 17.3. The molecule has 15 heteroatoms.